The molecule has 1 aliphatic carbocycles. The molecule has 0 amide bonds. The molecular formula is C34H46N4O2U. The molecule has 2 aliphatic rings. The molecule has 41 heavy (non-hydrogen) atoms. The summed E-state index contributed by atoms with van der Waals surface area (Å²) < 4.78 is 9.74. The summed E-state index contributed by atoms with van der Waals surface area (Å²) in [5.74, 6) is 1.67. The first-order chi connectivity index (χ1) is 19.1. The van der Waals surface area contributed by atoms with Gasteiger partial charge in [0.05, 0.1) is 0 Å². The number of hydrogen-bond donors (Lipinski definition) is 0. The Bertz CT molecular complexity index is 1300. The molecule has 0 bridgehead atoms. The quantitative estimate of drug-likeness (QED) is 0.180. The molecule has 7 heteroatoms. The Morgan fingerprint density at radius 3 is 2.37 bits per heavy atom. The van der Waals surface area contributed by atoms with Crippen molar-refractivity contribution < 1.29 is 35.9 Å². The minimum absolute atomic E-state index is 0. The van der Waals surface area contributed by atoms with Crippen molar-refractivity contribution in [2.24, 2.45) is 5.92 Å². The second-order valence-corrected chi connectivity index (χ2v) is 11.8. The van der Waals surface area contributed by atoms with Crippen LogP contribution in [0.15, 0.2) is 72.0 Å². The van der Waals surface area contributed by atoms with E-state index in [1.165, 1.54) is 17.2 Å². The summed E-state index contributed by atoms with van der Waals surface area (Å²) in [6, 6.07) is 8.98. The van der Waals surface area contributed by atoms with Crippen LogP contribution < -0.4 is 10.6 Å². The number of imidazole rings is 1. The van der Waals surface area contributed by atoms with Gasteiger partial charge < -0.3 is 14.5 Å². The van der Waals surface area contributed by atoms with Crippen molar-refractivity contribution in [3.8, 4) is 0 Å². The number of aromatic nitrogens is 2. The smallest absolute Gasteiger partial charge is 0.417 e. The van der Waals surface area contributed by atoms with E-state index in [4.69, 9.17) is 4.74 Å². The van der Waals surface area contributed by atoms with Crippen molar-refractivity contribution >= 4 is 17.5 Å². The second-order valence-electron chi connectivity index (χ2n) is 11.8. The van der Waals surface area contributed by atoms with E-state index in [2.05, 4.69) is 95.2 Å². The van der Waals surface area contributed by atoms with Gasteiger partial charge in [-0.15, -0.1) is 12.1 Å². The second kappa shape index (κ2) is 14.3. The van der Waals surface area contributed by atoms with Crippen LogP contribution in [-0.4, -0.2) is 51.9 Å². The third kappa shape index (κ3) is 8.00. The summed E-state index contributed by atoms with van der Waals surface area (Å²) in [6.07, 6.45) is 15.8. The Hall–Kier alpha value is -2.20. The van der Waals surface area contributed by atoms with Gasteiger partial charge in [0.25, 0.3) is 0 Å². The molecule has 2 aromatic rings. The van der Waals surface area contributed by atoms with Gasteiger partial charge >= 0.3 is 36.8 Å². The van der Waals surface area contributed by atoms with Gasteiger partial charge in [-0.2, -0.15) is 25.0 Å². The third-order valence-electron chi connectivity index (χ3n) is 8.34. The molecule has 1 aliphatic heterocycles. The van der Waals surface area contributed by atoms with Gasteiger partial charge in [0.15, 0.2) is 0 Å². The van der Waals surface area contributed by atoms with E-state index in [0.29, 0.717) is 5.92 Å². The Kier molecular flexibility index (Phi) is 11.6. The summed E-state index contributed by atoms with van der Waals surface area (Å²) in [7, 11) is 0. The van der Waals surface area contributed by atoms with Crippen molar-refractivity contribution in [3.63, 3.8) is 0 Å². The third-order valence-corrected chi connectivity index (χ3v) is 8.34. The topological polar surface area (TPSA) is 42.6 Å². The zero-order chi connectivity index (χ0) is 29.0. The standard InChI is InChI=1S/C34H46N4O2.U/c1-9-11-28(16-17-37-22-23-38(33(37)39)31(10-2)25(3)4)35-18-20-36(21-19-35)29-14-12-27(13-15-29)30-24-32(30)40-34(7,8)26(5)6;/h9,11-17,22-23,25,31-32H,1,10,18-21H2,2-8H3;/q-2;+2/b17-16-,28-11+;. The molecule has 218 valence electrons. The largest absolute Gasteiger partial charge is 2.00 e. The summed E-state index contributed by atoms with van der Waals surface area (Å²) in [4.78, 5) is 17.8. The van der Waals surface area contributed by atoms with Gasteiger partial charge in [0, 0.05) is 62.2 Å². The molecule has 0 radical (unpaired) electrons. The van der Waals surface area contributed by atoms with Gasteiger partial charge in [-0.25, -0.2) is 10.9 Å². The van der Waals surface area contributed by atoms with Crippen LogP contribution in [0.4, 0.5) is 5.69 Å². The Morgan fingerprint density at radius 2 is 1.80 bits per heavy atom. The van der Waals surface area contributed by atoms with Crippen LogP contribution in [0.2, 0.25) is 0 Å². The van der Waals surface area contributed by atoms with Crippen LogP contribution in [0.25, 0.3) is 11.8 Å². The molecule has 1 saturated heterocycles. The number of hydrogen-bond acceptors (Lipinski definition) is 4. The van der Waals surface area contributed by atoms with Crippen molar-refractivity contribution in [1.82, 2.24) is 14.0 Å². The number of piperazine rings is 1. The summed E-state index contributed by atoms with van der Waals surface area (Å²) in [5.41, 5.74) is 4.38. The van der Waals surface area contributed by atoms with E-state index in [-0.39, 0.29) is 54.5 Å². The number of allylic oxidation sites excluding steroid dienone is 3. The molecule has 4 rings (SSSR count). The SMILES string of the molecule is C=C/C=C(\C=C/n1ccn(C(CC)C(C)C)c1=O)N1CCN(c2ccc(C3=[C-]C3OC(C)(C)[C-](C)C)cc2)CC1.[U+2]. The molecule has 0 N–H and O–H groups in total. The number of anilines is 1. The predicted octanol–water partition coefficient (Wildman–Crippen LogP) is 6.60. The zero-order valence-electron chi connectivity index (χ0n) is 25.9. The molecular weight excluding hydrogens is 734 g/mol. The maximum Gasteiger partial charge on any atom is 2.00 e. The van der Waals surface area contributed by atoms with E-state index in [1.807, 2.05) is 41.4 Å². The number of nitrogens with zero attached hydrogens (tertiary/aromatic N) is 4. The minimum Gasteiger partial charge on any atom is -0.417 e. The summed E-state index contributed by atoms with van der Waals surface area (Å²) in [5, 5.41) is 0. The van der Waals surface area contributed by atoms with E-state index in [1.54, 1.807) is 4.57 Å². The fourth-order valence-electron chi connectivity index (χ4n) is 5.21. The van der Waals surface area contributed by atoms with E-state index in [9.17, 15) is 4.79 Å². The fraction of sp³-hybridized carbons (Fsp3) is 0.471. The Balaban J connectivity index is 0.00000462. The molecule has 6 nitrogen and oxygen atoms in total. The van der Waals surface area contributed by atoms with Crippen LogP contribution in [0.5, 0.6) is 0 Å². The molecule has 2 unspecified atom stereocenters. The normalized spacial score (nSPS) is 18.6. The first-order valence-corrected chi connectivity index (χ1v) is 14.6. The van der Waals surface area contributed by atoms with Crippen molar-refractivity contribution in [3.05, 3.63) is 95.2 Å². The minimum atomic E-state index is -0.250. The van der Waals surface area contributed by atoms with Crippen LogP contribution in [-0.2, 0) is 4.74 Å². The summed E-state index contributed by atoms with van der Waals surface area (Å²) in [6.45, 7) is 22.4. The van der Waals surface area contributed by atoms with Crippen LogP contribution in [0.1, 0.15) is 66.5 Å². The summed E-state index contributed by atoms with van der Waals surface area (Å²) >= 11 is 0. The van der Waals surface area contributed by atoms with E-state index >= 15 is 0 Å². The van der Waals surface area contributed by atoms with Gasteiger partial charge in [-0.3, -0.25) is 15.1 Å². The number of benzene rings is 1. The first kappa shape index (κ1) is 33.3. The number of ether oxygens (including phenoxy) is 1. The monoisotopic (exact) mass is 780 g/mol. The van der Waals surface area contributed by atoms with Crippen LogP contribution >= 0.6 is 0 Å². The van der Waals surface area contributed by atoms with Crippen molar-refractivity contribution in [1.29, 1.82) is 0 Å². The first-order valence-electron chi connectivity index (χ1n) is 14.6. The van der Waals surface area contributed by atoms with E-state index in [0.717, 1.165) is 43.9 Å². The van der Waals surface area contributed by atoms with Crippen molar-refractivity contribution in [2.45, 2.75) is 72.6 Å². The number of rotatable bonds is 12. The fourth-order valence-corrected chi connectivity index (χ4v) is 5.21. The van der Waals surface area contributed by atoms with Gasteiger partial charge in [-0.1, -0.05) is 65.0 Å². The molecule has 1 aromatic heterocycles. The van der Waals surface area contributed by atoms with Gasteiger partial charge in [0.1, 0.15) is 0 Å². The molecule has 2 heterocycles. The maximum absolute atomic E-state index is 13.0. The predicted molar refractivity (Wildman–Crippen MR) is 167 cm³/mol. The zero-order valence-corrected chi connectivity index (χ0v) is 30.0. The van der Waals surface area contributed by atoms with Gasteiger partial charge in [0.2, 0.25) is 0 Å². The molecule has 0 saturated carbocycles. The molecule has 1 aromatic carbocycles. The van der Waals surface area contributed by atoms with E-state index < -0.39 is 0 Å². The average Bonchev–Trinajstić information content (AvgIpc) is 3.60. The van der Waals surface area contributed by atoms with Crippen LogP contribution in [0.3, 0.4) is 0 Å². The molecule has 2 atom stereocenters. The Labute approximate surface area is 270 Å². The molecule has 0 spiro atoms. The molecule has 1 fully saturated rings. The Morgan fingerprint density at radius 1 is 1.15 bits per heavy atom. The maximum atomic E-state index is 13.0. The average molecular weight is 781 g/mol. The van der Waals surface area contributed by atoms with Crippen molar-refractivity contribution in [2.75, 3.05) is 31.1 Å². The van der Waals surface area contributed by atoms with Crippen LogP contribution in [0, 0.1) is 49.0 Å². The van der Waals surface area contributed by atoms with Gasteiger partial charge in [-0.05, 0) is 30.6 Å².